The fraction of sp³-hybridized carbons (Fsp3) is 0.667. The summed E-state index contributed by atoms with van der Waals surface area (Å²) >= 11 is 0. The van der Waals surface area contributed by atoms with Gasteiger partial charge in [0, 0.05) is 0 Å². The third-order valence-electron chi connectivity index (χ3n) is 1.38. The first-order valence-corrected chi connectivity index (χ1v) is 3.29. The summed E-state index contributed by atoms with van der Waals surface area (Å²) in [4.78, 5) is 22.5. The average molecular weight is 159 g/mol. The number of aliphatic hydroxyl groups is 1. The Bertz CT molecular complexity index is 189. The van der Waals surface area contributed by atoms with Crippen molar-refractivity contribution in [2.24, 2.45) is 0 Å². The Morgan fingerprint density at radius 2 is 2.45 bits per heavy atom. The highest BCUT2D eigenvalue weighted by Crippen LogP contribution is 2.04. The molecule has 1 rings (SSSR count). The lowest BCUT2D eigenvalue weighted by Crippen LogP contribution is -2.38. The summed E-state index contributed by atoms with van der Waals surface area (Å²) in [5.74, 6) is -0.604. The van der Waals surface area contributed by atoms with Crippen molar-refractivity contribution >= 4 is 12.0 Å². The molecular weight excluding hydrogens is 150 g/mol. The van der Waals surface area contributed by atoms with Crippen LogP contribution in [0, 0.1) is 0 Å². The second kappa shape index (κ2) is 2.87. The summed E-state index contributed by atoms with van der Waals surface area (Å²) in [6, 6.07) is 0. The molecule has 1 aliphatic rings. The van der Waals surface area contributed by atoms with Gasteiger partial charge in [-0.25, -0.2) is 9.69 Å². The number of ether oxygens (including phenoxy) is 1. The van der Waals surface area contributed by atoms with E-state index in [9.17, 15) is 9.59 Å². The predicted molar refractivity (Wildman–Crippen MR) is 34.7 cm³/mol. The molecule has 0 aliphatic carbocycles. The maximum absolute atomic E-state index is 10.9. The molecule has 0 radical (unpaired) electrons. The summed E-state index contributed by atoms with van der Waals surface area (Å²) in [6.07, 6.45) is -1.81. The topological polar surface area (TPSA) is 66.8 Å². The van der Waals surface area contributed by atoms with Gasteiger partial charge < -0.3 is 9.84 Å². The van der Waals surface area contributed by atoms with Gasteiger partial charge in [-0.2, -0.15) is 0 Å². The number of rotatable bonds is 1. The summed E-state index contributed by atoms with van der Waals surface area (Å²) in [5, 5.41) is 8.80. The van der Waals surface area contributed by atoms with Crippen molar-refractivity contribution in [2.75, 3.05) is 13.2 Å². The Labute approximate surface area is 63.5 Å². The lowest BCUT2D eigenvalue weighted by molar-refractivity contribution is -0.135. The van der Waals surface area contributed by atoms with E-state index < -0.39 is 18.1 Å². The van der Waals surface area contributed by atoms with Crippen LogP contribution in [0.2, 0.25) is 0 Å². The van der Waals surface area contributed by atoms with Crippen LogP contribution in [0.25, 0.3) is 0 Å². The first kappa shape index (κ1) is 8.00. The Morgan fingerprint density at radius 1 is 1.82 bits per heavy atom. The molecule has 0 aromatic carbocycles. The highest BCUT2D eigenvalue weighted by molar-refractivity contribution is 5.94. The molecule has 62 valence electrons. The van der Waals surface area contributed by atoms with E-state index in [1.54, 1.807) is 0 Å². The first-order valence-electron chi connectivity index (χ1n) is 3.29. The van der Waals surface area contributed by atoms with Crippen LogP contribution >= 0.6 is 0 Å². The van der Waals surface area contributed by atoms with Gasteiger partial charge in [-0.05, 0) is 6.92 Å². The number of aliphatic hydroxyl groups excluding tert-OH is 1. The van der Waals surface area contributed by atoms with E-state index in [1.165, 1.54) is 6.92 Å². The van der Waals surface area contributed by atoms with Gasteiger partial charge in [0.2, 0.25) is 0 Å². The summed E-state index contributed by atoms with van der Waals surface area (Å²) in [7, 11) is 0. The molecule has 11 heavy (non-hydrogen) atoms. The lowest BCUT2D eigenvalue weighted by Gasteiger charge is -2.11. The molecule has 0 bridgehead atoms. The van der Waals surface area contributed by atoms with Gasteiger partial charge >= 0.3 is 6.09 Å². The van der Waals surface area contributed by atoms with Gasteiger partial charge in [-0.15, -0.1) is 0 Å². The zero-order valence-corrected chi connectivity index (χ0v) is 6.11. The number of cyclic esters (lactones) is 1. The quantitative estimate of drug-likeness (QED) is 0.551. The molecule has 0 saturated carbocycles. The predicted octanol–water partition coefficient (Wildman–Crippen LogP) is -0.654. The van der Waals surface area contributed by atoms with E-state index >= 15 is 0 Å². The minimum Gasteiger partial charge on any atom is -0.447 e. The summed E-state index contributed by atoms with van der Waals surface area (Å²) in [5.41, 5.74) is 0. The smallest absolute Gasteiger partial charge is 0.416 e. The summed E-state index contributed by atoms with van der Waals surface area (Å²) < 4.78 is 4.49. The van der Waals surface area contributed by atoms with E-state index in [1.807, 2.05) is 0 Å². The van der Waals surface area contributed by atoms with Gasteiger partial charge in [0.25, 0.3) is 5.91 Å². The first-order chi connectivity index (χ1) is 5.13. The van der Waals surface area contributed by atoms with Crippen molar-refractivity contribution in [1.29, 1.82) is 0 Å². The SMILES string of the molecule is C[C@H](O)C(=O)N1CCOC1=O. The van der Waals surface area contributed by atoms with E-state index in [2.05, 4.69) is 4.74 Å². The fourth-order valence-corrected chi connectivity index (χ4v) is 0.819. The van der Waals surface area contributed by atoms with Crippen LogP contribution in [0.3, 0.4) is 0 Å². The second-order valence-electron chi connectivity index (χ2n) is 2.28. The Kier molecular flexibility index (Phi) is 2.09. The monoisotopic (exact) mass is 159 g/mol. The van der Waals surface area contributed by atoms with Gasteiger partial charge in [0.1, 0.15) is 12.7 Å². The van der Waals surface area contributed by atoms with Crippen LogP contribution in [0.5, 0.6) is 0 Å². The molecule has 1 saturated heterocycles. The molecule has 0 aromatic rings. The number of hydrogen-bond donors (Lipinski definition) is 1. The maximum Gasteiger partial charge on any atom is 0.416 e. The van der Waals surface area contributed by atoms with E-state index in [-0.39, 0.29) is 13.2 Å². The van der Waals surface area contributed by atoms with Gasteiger partial charge in [0.05, 0.1) is 6.54 Å². The van der Waals surface area contributed by atoms with E-state index in [0.29, 0.717) is 0 Å². The minimum absolute atomic E-state index is 0.220. The molecule has 1 aliphatic heterocycles. The van der Waals surface area contributed by atoms with Crippen molar-refractivity contribution in [3.8, 4) is 0 Å². The molecule has 1 fully saturated rings. The van der Waals surface area contributed by atoms with Crippen molar-refractivity contribution in [1.82, 2.24) is 4.90 Å². The van der Waals surface area contributed by atoms with Crippen LogP contribution in [-0.4, -0.2) is 41.3 Å². The van der Waals surface area contributed by atoms with Crippen molar-refractivity contribution in [2.45, 2.75) is 13.0 Å². The average Bonchev–Trinajstić information content (AvgIpc) is 2.33. The molecule has 5 heteroatoms. The second-order valence-corrected chi connectivity index (χ2v) is 2.28. The molecule has 1 atom stereocenters. The molecule has 0 unspecified atom stereocenters. The van der Waals surface area contributed by atoms with Crippen LogP contribution < -0.4 is 0 Å². The lowest BCUT2D eigenvalue weighted by atomic mass is 10.3. The molecule has 0 aromatic heterocycles. The Hall–Kier alpha value is -1.10. The summed E-state index contributed by atoms with van der Waals surface area (Å²) in [6.45, 7) is 1.77. The standard InChI is InChI=1S/C6H9NO4/c1-4(8)5(9)7-2-3-11-6(7)10/h4,8H,2-3H2,1H3/t4-/m0/s1. The number of hydrogen-bond acceptors (Lipinski definition) is 4. The zero-order valence-electron chi connectivity index (χ0n) is 6.11. The number of carbonyl (C=O) groups is 2. The van der Waals surface area contributed by atoms with Crippen molar-refractivity contribution < 1.29 is 19.4 Å². The van der Waals surface area contributed by atoms with E-state index in [0.717, 1.165) is 4.90 Å². The zero-order chi connectivity index (χ0) is 8.43. The van der Waals surface area contributed by atoms with Crippen molar-refractivity contribution in [3.63, 3.8) is 0 Å². The highest BCUT2D eigenvalue weighted by atomic mass is 16.6. The molecule has 0 spiro atoms. The largest absolute Gasteiger partial charge is 0.447 e. The third-order valence-corrected chi connectivity index (χ3v) is 1.38. The fourth-order valence-electron chi connectivity index (χ4n) is 0.819. The minimum atomic E-state index is -1.14. The van der Waals surface area contributed by atoms with Crippen molar-refractivity contribution in [3.05, 3.63) is 0 Å². The van der Waals surface area contributed by atoms with Crippen LogP contribution in [0.4, 0.5) is 4.79 Å². The van der Waals surface area contributed by atoms with E-state index in [4.69, 9.17) is 5.11 Å². The number of nitrogens with zero attached hydrogens (tertiary/aromatic N) is 1. The highest BCUT2D eigenvalue weighted by Gasteiger charge is 2.30. The van der Waals surface area contributed by atoms with Gasteiger partial charge in [-0.1, -0.05) is 0 Å². The maximum atomic E-state index is 10.9. The normalized spacial score (nSPS) is 19.8. The van der Waals surface area contributed by atoms with Gasteiger partial charge in [0.15, 0.2) is 0 Å². The van der Waals surface area contributed by atoms with Crippen LogP contribution in [0.1, 0.15) is 6.92 Å². The van der Waals surface area contributed by atoms with Gasteiger partial charge in [-0.3, -0.25) is 4.79 Å². The molecule has 2 amide bonds. The third kappa shape index (κ3) is 1.48. The number of imide groups is 1. The molecule has 5 nitrogen and oxygen atoms in total. The number of carbonyl (C=O) groups excluding carboxylic acids is 2. The molecule has 1 N–H and O–H groups in total. The molecule has 1 heterocycles. The van der Waals surface area contributed by atoms with Crippen LogP contribution in [0.15, 0.2) is 0 Å². The molecular formula is C6H9NO4. The Morgan fingerprint density at radius 3 is 2.82 bits per heavy atom. The van der Waals surface area contributed by atoms with Crippen LogP contribution in [-0.2, 0) is 9.53 Å². The number of amides is 2. The Balaban J connectivity index is 2.60.